The van der Waals surface area contributed by atoms with E-state index in [0.29, 0.717) is 17.9 Å². The first-order chi connectivity index (χ1) is 13.5. The van der Waals surface area contributed by atoms with Crippen LogP contribution in [0.2, 0.25) is 0 Å². The third kappa shape index (κ3) is 5.47. The number of nitrogens with one attached hydrogen (secondary N) is 2. The maximum atomic E-state index is 12.8. The van der Waals surface area contributed by atoms with Crippen molar-refractivity contribution >= 4 is 11.8 Å². The van der Waals surface area contributed by atoms with Crippen molar-refractivity contribution in [1.29, 1.82) is 0 Å². The van der Waals surface area contributed by atoms with Gasteiger partial charge >= 0.3 is 0 Å². The Morgan fingerprint density at radius 1 is 1.11 bits per heavy atom. The van der Waals surface area contributed by atoms with E-state index < -0.39 is 5.60 Å². The molecule has 1 aliphatic carbocycles. The molecular formula is C22H32N2O4. The van der Waals surface area contributed by atoms with Gasteiger partial charge in [0.15, 0.2) is 5.60 Å². The van der Waals surface area contributed by atoms with Gasteiger partial charge in [-0.3, -0.25) is 9.59 Å². The highest BCUT2D eigenvalue weighted by atomic mass is 16.5. The topological polar surface area (TPSA) is 76.7 Å². The molecule has 1 atom stereocenters. The Kier molecular flexibility index (Phi) is 6.94. The first-order valence-electron chi connectivity index (χ1n) is 10.4. The summed E-state index contributed by atoms with van der Waals surface area (Å²) in [7, 11) is 0. The molecule has 1 aromatic carbocycles. The summed E-state index contributed by atoms with van der Waals surface area (Å²) in [6.45, 7) is 4.72. The van der Waals surface area contributed by atoms with Gasteiger partial charge < -0.3 is 20.1 Å². The first-order valence-corrected chi connectivity index (χ1v) is 10.4. The van der Waals surface area contributed by atoms with E-state index in [1.165, 1.54) is 6.42 Å². The smallest absolute Gasteiger partial charge is 0.263 e. The second kappa shape index (κ2) is 9.41. The summed E-state index contributed by atoms with van der Waals surface area (Å²) in [6.07, 6.45) is 7.65. The highest BCUT2D eigenvalue weighted by molar-refractivity contribution is 5.97. The van der Waals surface area contributed by atoms with E-state index in [9.17, 15) is 9.59 Å². The van der Waals surface area contributed by atoms with Gasteiger partial charge in [0, 0.05) is 19.2 Å². The van der Waals surface area contributed by atoms with Gasteiger partial charge in [-0.1, -0.05) is 31.4 Å². The molecule has 1 saturated heterocycles. The average Bonchev–Trinajstić information content (AvgIpc) is 3.20. The molecule has 28 heavy (non-hydrogen) atoms. The van der Waals surface area contributed by atoms with Gasteiger partial charge in [-0.2, -0.15) is 0 Å². The van der Waals surface area contributed by atoms with Crippen LogP contribution >= 0.6 is 0 Å². The average molecular weight is 389 g/mol. The summed E-state index contributed by atoms with van der Waals surface area (Å²) < 4.78 is 11.6. The number of carbonyl (C=O) groups is 2. The minimum atomic E-state index is -1.07. The molecule has 1 saturated carbocycles. The van der Waals surface area contributed by atoms with Gasteiger partial charge in [-0.15, -0.1) is 0 Å². The molecule has 154 valence electrons. The van der Waals surface area contributed by atoms with Crippen LogP contribution in [0.1, 0.15) is 69.2 Å². The highest BCUT2D eigenvalue weighted by Gasteiger charge is 2.33. The van der Waals surface area contributed by atoms with Crippen molar-refractivity contribution in [3.63, 3.8) is 0 Å². The number of benzene rings is 1. The van der Waals surface area contributed by atoms with Crippen LogP contribution in [0.5, 0.6) is 5.75 Å². The molecule has 6 nitrogen and oxygen atoms in total. The van der Waals surface area contributed by atoms with E-state index in [1.807, 2.05) is 0 Å². The summed E-state index contributed by atoms with van der Waals surface area (Å²) in [5, 5.41) is 6.03. The van der Waals surface area contributed by atoms with Gasteiger partial charge in [0.05, 0.1) is 11.7 Å². The highest BCUT2D eigenvalue weighted by Crippen LogP contribution is 2.25. The summed E-state index contributed by atoms with van der Waals surface area (Å²) >= 11 is 0. The number of amides is 2. The second-order valence-electron chi connectivity index (χ2n) is 8.26. The summed E-state index contributed by atoms with van der Waals surface area (Å²) in [6, 6.07) is 7.27. The van der Waals surface area contributed by atoms with Crippen LogP contribution in [0.15, 0.2) is 24.3 Å². The van der Waals surface area contributed by atoms with Gasteiger partial charge in [0.2, 0.25) is 0 Å². The summed E-state index contributed by atoms with van der Waals surface area (Å²) in [5.41, 5.74) is -0.637. The van der Waals surface area contributed by atoms with E-state index in [-0.39, 0.29) is 24.0 Å². The van der Waals surface area contributed by atoms with Crippen LogP contribution < -0.4 is 15.4 Å². The lowest BCUT2D eigenvalue weighted by atomic mass is 9.94. The molecule has 1 unspecified atom stereocenters. The van der Waals surface area contributed by atoms with Gasteiger partial charge in [0.25, 0.3) is 11.8 Å². The van der Waals surface area contributed by atoms with Crippen LogP contribution in [0, 0.1) is 0 Å². The molecule has 0 bridgehead atoms. The molecule has 0 spiro atoms. The Morgan fingerprint density at radius 2 is 1.86 bits per heavy atom. The van der Waals surface area contributed by atoms with Gasteiger partial charge in [-0.25, -0.2) is 0 Å². The fraction of sp³-hybridized carbons (Fsp3) is 0.636. The van der Waals surface area contributed by atoms with Crippen molar-refractivity contribution in [3.8, 4) is 5.75 Å². The van der Waals surface area contributed by atoms with E-state index in [1.54, 1.807) is 38.1 Å². The minimum Gasteiger partial charge on any atom is -0.477 e. The Labute approximate surface area is 167 Å². The fourth-order valence-electron chi connectivity index (χ4n) is 3.78. The maximum Gasteiger partial charge on any atom is 0.263 e. The van der Waals surface area contributed by atoms with E-state index in [2.05, 4.69) is 10.6 Å². The van der Waals surface area contributed by atoms with Crippen LogP contribution in [0.4, 0.5) is 0 Å². The Bertz CT molecular complexity index is 677. The molecule has 6 heteroatoms. The van der Waals surface area contributed by atoms with Crippen molar-refractivity contribution in [2.45, 2.75) is 76.5 Å². The van der Waals surface area contributed by atoms with E-state index in [0.717, 1.165) is 45.1 Å². The lowest BCUT2D eigenvalue weighted by Crippen LogP contribution is -2.50. The molecule has 3 rings (SSSR count). The molecule has 2 N–H and O–H groups in total. The van der Waals surface area contributed by atoms with Crippen molar-refractivity contribution in [1.82, 2.24) is 10.6 Å². The molecule has 1 aromatic rings. The molecule has 1 heterocycles. The lowest BCUT2D eigenvalue weighted by molar-refractivity contribution is -0.135. The molecular weight excluding hydrogens is 356 g/mol. The zero-order valence-corrected chi connectivity index (χ0v) is 17.0. The molecule has 2 amide bonds. The number of carbonyl (C=O) groups excluding carboxylic acids is 2. The largest absolute Gasteiger partial charge is 0.477 e. The molecule has 2 aliphatic rings. The Balaban J connectivity index is 1.62. The quantitative estimate of drug-likeness (QED) is 0.752. The summed E-state index contributed by atoms with van der Waals surface area (Å²) in [5.74, 6) is 0.0553. The van der Waals surface area contributed by atoms with Crippen molar-refractivity contribution in [3.05, 3.63) is 29.8 Å². The Hall–Kier alpha value is -2.08. The van der Waals surface area contributed by atoms with Crippen LogP contribution in [0.25, 0.3) is 0 Å². The van der Waals surface area contributed by atoms with Crippen LogP contribution in [-0.2, 0) is 9.53 Å². The zero-order valence-electron chi connectivity index (χ0n) is 17.0. The standard InChI is InChI=1S/C22H32N2O4/c1-22(2,21(26)24-16-9-4-3-5-10-16)28-19-13-7-6-12-18(19)20(25)23-15-17-11-8-14-27-17/h6-7,12-13,16-17H,3-5,8-11,14-15H2,1-2H3,(H,23,25)(H,24,26). The number of hydrogen-bond acceptors (Lipinski definition) is 4. The van der Waals surface area contributed by atoms with Crippen LogP contribution in [0.3, 0.4) is 0 Å². The zero-order chi connectivity index (χ0) is 20.0. The molecule has 0 radical (unpaired) electrons. The summed E-state index contributed by atoms with van der Waals surface area (Å²) in [4.78, 5) is 25.4. The number of para-hydroxylation sites is 1. The Morgan fingerprint density at radius 3 is 2.57 bits per heavy atom. The van der Waals surface area contributed by atoms with E-state index >= 15 is 0 Å². The van der Waals surface area contributed by atoms with Crippen molar-refractivity contribution < 1.29 is 19.1 Å². The third-order valence-electron chi connectivity index (χ3n) is 5.50. The number of ether oxygens (including phenoxy) is 2. The van der Waals surface area contributed by atoms with Gasteiger partial charge in [0.1, 0.15) is 5.75 Å². The molecule has 2 fully saturated rings. The van der Waals surface area contributed by atoms with E-state index in [4.69, 9.17) is 9.47 Å². The monoisotopic (exact) mass is 388 g/mol. The number of hydrogen-bond donors (Lipinski definition) is 2. The predicted octanol–water partition coefficient (Wildman–Crippen LogP) is 3.20. The fourth-order valence-corrected chi connectivity index (χ4v) is 3.78. The molecule has 1 aliphatic heterocycles. The second-order valence-corrected chi connectivity index (χ2v) is 8.26. The van der Waals surface area contributed by atoms with Crippen molar-refractivity contribution in [2.24, 2.45) is 0 Å². The first kappa shape index (κ1) is 20.6. The number of rotatable bonds is 7. The SMILES string of the molecule is CC(C)(Oc1ccccc1C(=O)NCC1CCCO1)C(=O)NC1CCCCC1. The van der Waals surface area contributed by atoms with Crippen LogP contribution in [-0.4, -0.2) is 42.7 Å². The van der Waals surface area contributed by atoms with Crippen molar-refractivity contribution in [2.75, 3.05) is 13.2 Å². The minimum absolute atomic E-state index is 0.0785. The molecule has 0 aromatic heterocycles. The lowest BCUT2D eigenvalue weighted by Gasteiger charge is -2.30. The predicted molar refractivity (Wildman–Crippen MR) is 107 cm³/mol. The van der Waals surface area contributed by atoms with Gasteiger partial charge in [-0.05, 0) is 51.7 Å². The normalized spacial score (nSPS) is 20.6. The third-order valence-corrected chi connectivity index (χ3v) is 5.50. The maximum absolute atomic E-state index is 12.8.